The van der Waals surface area contributed by atoms with Crippen LogP contribution in [0.2, 0.25) is 0 Å². The van der Waals surface area contributed by atoms with E-state index in [-0.39, 0.29) is 0 Å². The molecule has 0 spiro atoms. The highest BCUT2D eigenvalue weighted by atomic mass is 32.2. The SMILES string of the molecule is CCOc1cc(N)cc(N2CCSC(CC)C2)c1. The largest absolute Gasteiger partial charge is 0.494 e. The molecule has 0 aromatic heterocycles. The summed E-state index contributed by atoms with van der Waals surface area (Å²) in [5.74, 6) is 2.07. The van der Waals surface area contributed by atoms with Crippen LogP contribution in [0, 0.1) is 0 Å². The summed E-state index contributed by atoms with van der Waals surface area (Å²) in [5, 5.41) is 0.732. The molecule has 100 valence electrons. The Labute approximate surface area is 114 Å². The lowest BCUT2D eigenvalue weighted by Crippen LogP contribution is -2.37. The summed E-state index contributed by atoms with van der Waals surface area (Å²) < 4.78 is 5.56. The first-order valence-electron chi connectivity index (χ1n) is 6.62. The van der Waals surface area contributed by atoms with E-state index in [2.05, 4.69) is 29.7 Å². The molecular weight excluding hydrogens is 244 g/mol. The van der Waals surface area contributed by atoms with Gasteiger partial charge in [0.15, 0.2) is 0 Å². The summed E-state index contributed by atoms with van der Waals surface area (Å²) >= 11 is 2.08. The maximum atomic E-state index is 5.95. The van der Waals surface area contributed by atoms with Crippen molar-refractivity contribution >= 4 is 23.1 Å². The minimum Gasteiger partial charge on any atom is -0.494 e. The molecule has 1 saturated heterocycles. The van der Waals surface area contributed by atoms with Crippen molar-refractivity contribution in [1.29, 1.82) is 0 Å². The van der Waals surface area contributed by atoms with E-state index in [1.54, 1.807) is 0 Å². The molecule has 0 radical (unpaired) electrons. The van der Waals surface area contributed by atoms with Gasteiger partial charge in [0.1, 0.15) is 5.75 Å². The molecule has 1 aromatic carbocycles. The van der Waals surface area contributed by atoms with Gasteiger partial charge in [-0.3, -0.25) is 0 Å². The zero-order valence-electron chi connectivity index (χ0n) is 11.2. The molecule has 1 aliphatic heterocycles. The highest BCUT2D eigenvalue weighted by molar-refractivity contribution is 8.00. The van der Waals surface area contributed by atoms with E-state index in [0.717, 1.165) is 29.8 Å². The van der Waals surface area contributed by atoms with Crippen molar-refractivity contribution in [2.45, 2.75) is 25.5 Å². The third-order valence-corrected chi connectivity index (χ3v) is 4.56. The fraction of sp³-hybridized carbons (Fsp3) is 0.571. The van der Waals surface area contributed by atoms with Gasteiger partial charge in [-0.25, -0.2) is 0 Å². The number of hydrogen-bond acceptors (Lipinski definition) is 4. The van der Waals surface area contributed by atoms with Crippen LogP contribution in [0.5, 0.6) is 5.75 Å². The summed E-state index contributed by atoms with van der Waals surface area (Å²) in [4.78, 5) is 2.42. The maximum absolute atomic E-state index is 5.95. The molecule has 4 heteroatoms. The van der Waals surface area contributed by atoms with Crippen molar-refractivity contribution in [1.82, 2.24) is 0 Å². The van der Waals surface area contributed by atoms with E-state index in [1.165, 1.54) is 17.9 Å². The molecule has 1 aliphatic rings. The number of hydrogen-bond donors (Lipinski definition) is 1. The van der Waals surface area contributed by atoms with Crippen molar-refractivity contribution in [2.75, 3.05) is 36.1 Å². The molecule has 1 fully saturated rings. The van der Waals surface area contributed by atoms with E-state index in [0.29, 0.717) is 6.61 Å². The molecule has 0 amide bonds. The Kier molecular flexibility index (Phi) is 4.64. The van der Waals surface area contributed by atoms with Gasteiger partial charge in [-0.1, -0.05) is 6.92 Å². The number of nitrogens with zero attached hydrogens (tertiary/aromatic N) is 1. The molecule has 1 aromatic rings. The molecule has 0 saturated carbocycles. The Morgan fingerprint density at radius 1 is 1.39 bits per heavy atom. The first-order valence-corrected chi connectivity index (χ1v) is 7.67. The van der Waals surface area contributed by atoms with Crippen molar-refractivity contribution in [3.8, 4) is 5.75 Å². The molecule has 2 rings (SSSR count). The molecule has 18 heavy (non-hydrogen) atoms. The maximum Gasteiger partial charge on any atom is 0.123 e. The number of rotatable bonds is 4. The van der Waals surface area contributed by atoms with Crippen molar-refractivity contribution in [2.24, 2.45) is 0 Å². The third-order valence-electron chi connectivity index (χ3n) is 3.18. The predicted molar refractivity (Wildman–Crippen MR) is 80.8 cm³/mol. The Morgan fingerprint density at radius 3 is 2.94 bits per heavy atom. The number of nitrogen functional groups attached to an aromatic ring is 1. The van der Waals surface area contributed by atoms with Crippen LogP contribution in [0.3, 0.4) is 0 Å². The van der Waals surface area contributed by atoms with Gasteiger partial charge in [-0.15, -0.1) is 0 Å². The first-order chi connectivity index (χ1) is 8.72. The van der Waals surface area contributed by atoms with E-state index >= 15 is 0 Å². The number of benzene rings is 1. The smallest absolute Gasteiger partial charge is 0.123 e. The molecule has 3 nitrogen and oxygen atoms in total. The van der Waals surface area contributed by atoms with Crippen LogP contribution >= 0.6 is 11.8 Å². The lowest BCUT2D eigenvalue weighted by molar-refractivity contribution is 0.340. The fourth-order valence-corrected chi connectivity index (χ4v) is 3.42. The average molecular weight is 266 g/mol. The van der Waals surface area contributed by atoms with Gasteiger partial charge in [-0.05, 0) is 19.4 Å². The van der Waals surface area contributed by atoms with E-state index in [4.69, 9.17) is 10.5 Å². The van der Waals surface area contributed by atoms with Gasteiger partial charge in [0.2, 0.25) is 0 Å². The molecular formula is C14H22N2OS. The van der Waals surface area contributed by atoms with E-state index in [1.807, 2.05) is 19.1 Å². The van der Waals surface area contributed by atoms with Crippen molar-refractivity contribution in [3.63, 3.8) is 0 Å². The summed E-state index contributed by atoms with van der Waals surface area (Å²) in [6.45, 7) is 7.13. The lowest BCUT2D eigenvalue weighted by atomic mass is 10.2. The van der Waals surface area contributed by atoms with Crippen LogP contribution < -0.4 is 15.4 Å². The predicted octanol–water partition coefficient (Wildman–Crippen LogP) is 3.00. The van der Waals surface area contributed by atoms with Crippen LogP contribution in [0.15, 0.2) is 18.2 Å². The molecule has 1 heterocycles. The monoisotopic (exact) mass is 266 g/mol. The number of nitrogens with two attached hydrogens (primary N) is 1. The van der Waals surface area contributed by atoms with Gasteiger partial charge < -0.3 is 15.4 Å². The Morgan fingerprint density at radius 2 is 2.22 bits per heavy atom. The highest BCUT2D eigenvalue weighted by Gasteiger charge is 2.19. The van der Waals surface area contributed by atoms with Gasteiger partial charge in [0.25, 0.3) is 0 Å². The number of thioether (sulfide) groups is 1. The molecule has 1 atom stereocenters. The van der Waals surface area contributed by atoms with Crippen LogP contribution in [0.1, 0.15) is 20.3 Å². The second-order valence-electron chi connectivity index (χ2n) is 4.54. The Balaban J connectivity index is 2.16. The zero-order chi connectivity index (χ0) is 13.0. The second kappa shape index (κ2) is 6.23. The van der Waals surface area contributed by atoms with Gasteiger partial charge in [0, 0.05) is 47.6 Å². The topological polar surface area (TPSA) is 38.5 Å². The molecule has 2 N–H and O–H groups in total. The summed E-state index contributed by atoms with van der Waals surface area (Å²) in [6.07, 6.45) is 1.22. The quantitative estimate of drug-likeness (QED) is 0.850. The number of anilines is 2. The van der Waals surface area contributed by atoms with E-state index in [9.17, 15) is 0 Å². The van der Waals surface area contributed by atoms with Crippen molar-refractivity contribution in [3.05, 3.63) is 18.2 Å². The lowest BCUT2D eigenvalue weighted by Gasteiger charge is -2.34. The van der Waals surface area contributed by atoms with Gasteiger partial charge in [-0.2, -0.15) is 11.8 Å². The molecule has 0 bridgehead atoms. The highest BCUT2D eigenvalue weighted by Crippen LogP contribution is 2.30. The summed E-state index contributed by atoms with van der Waals surface area (Å²) in [7, 11) is 0. The molecule has 1 unspecified atom stereocenters. The zero-order valence-corrected chi connectivity index (χ0v) is 12.0. The minimum absolute atomic E-state index is 0.677. The van der Waals surface area contributed by atoms with Crippen LogP contribution in [0.25, 0.3) is 0 Å². The van der Waals surface area contributed by atoms with Gasteiger partial charge >= 0.3 is 0 Å². The number of ether oxygens (including phenoxy) is 1. The van der Waals surface area contributed by atoms with Crippen LogP contribution in [0.4, 0.5) is 11.4 Å². The van der Waals surface area contributed by atoms with Crippen LogP contribution in [-0.2, 0) is 0 Å². The second-order valence-corrected chi connectivity index (χ2v) is 5.95. The minimum atomic E-state index is 0.677. The summed E-state index contributed by atoms with van der Waals surface area (Å²) in [5.41, 5.74) is 7.92. The third kappa shape index (κ3) is 3.25. The summed E-state index contributed by atoms with van der Waals surface area (Å²) in [6, 6.07) is 6.04. The van der Waals surface area contributed by atoms with E-state index < -0.39 is 0 Å². The Bertz CT molecular complexity index is 397. The van der Waals surface area contributed by atoms with Gasteiger partial charge in [0.05, 0.1) is 6.61 Å². The standard InChI is InChI=1S/C14H22N2OS/c1-3-14-10-16(5-6-18-14)12-7-11(15)8-13(9-12)17-4-2/h7-9,14H,3-6,10,15H2,1-2H3. The first kappa shape index (κ1) is 13.4. The van der Waals surface area contributed by atoms with Crippen LogP contribution in [-0.4, -0.2) is 30.7 Å². The molecule has 0 aliphatic carbocycles. The average Bonchev–Trinajstić information content (AvgIpc) is 2.38. The van der Waals surface area contributed by atoms with Crippen molar-refractivity contribution < 1.29 is 4.74 Å². The normalized spacial score (nSPS) is 19.9. The fourth-order valence-electron chi connectivity index (χ4n) is 2.24. The Hall–Kier alpha value is -1.03.